The highest BCUT2D eigenvalue weighted by atomic mass is 79.9. The minimum atomic E-state index is -0.847. The van der Waals surface area contributed by atoms with E-state index in [2.05, 4.69) is 21.2 Å². The Hall–Kier alpha value is -3.41. The average Bonchev–Trinajstić information content (AvgIpc) is 3.45. The Balaban J connectivity index is 1.30. The normalized spacial score (nSPS) is 19.2. The van der Waals surface area contributed by atoms with Crippen LogP contribution >= 0.6 is 62.2 Å². The lowest BCUT2D eigenvalue weighted by molar-refractivity contribution is -0.122. The predicted molar refractivity (Wildman–Crippen MR) is 179 cm³/mol. The second kappa shape index (κ2) is 11.5. The van der Waals surface area contributed by atoms with Gasteiger partial charge >= 0.3 is 4.87 Å². The maximum atomic E-state index is 14.1. The van der Waals surface area contributed by atoms with Gasteiger partial charge in [-0.2, -0.15) is 0 Å². The lowest BCUT2D eigenvalue weighted by Crippen LogP contribution is -2.33. The molecule has 220 valence electrons. The van der Waals surface area contributed by atoms with Gasteiger partial charge in [0.05, 0.1) is 26.7 Å². The van der Waals surface area contributed by atoms with Crippen molar-refractivity contribution in [1.82, 2.24) is 4.57 Å². The molecule has 2 aliphatic rings. The van der Waals surface area contributed by atoms with E-state index in [0.29, 0.717) is 31.9 Å². The Morgan fingerprint density at radius 1 is 0.886 bits per heavy atom. The number of hydrogen-bond donors (Lipinski definition) is 1. The standard InChI is InChI=1S/C32H20BrCl2N3O4S2/c33-17-11-13-18(14-12-17)38-29(40)25-24(20-8-4-9-21(34)26(20)35)28-31(43-27(25)30(38)41)37(32(42)44-28)15-23(39)36-22-10-3-6-16-5-1-2-7-19(16)22/h1-14,24-25,27H,15H2,(H,36,39)/t24-,25?,27?/m1/s1. The van der Waals surface area contributed by atoms with Crippen molar-refractivity contribution >= 4 is 102 Å². The molecule has 1 aromatic heterocycles. The summed E-state index contributed by atoms with van der Waals surface area (Å²) >= 11 is 18.6. The molecule has 44 heavy (non-hydrogen) atoms. The van der Waals surface area contributed by atoms with Gasteiger partial charge in [-0.05, 0) is 47.3 Å². The van der Waals surface area contributed by atoms with Crippen molar-refractivity contribution in [2.45, 2.75) is 22.7 Å². The first-order chi connectivity index (χ1) is 21.2. The van der Waals surface area contributed by atoms with Crippen LogP contribution in [-0.2, 0) is 20.9 Å². The SMILES string of the molecule is O=C(Cn1c2c(sc1=O)[C@H](c1cccc(Cl)c1Cl)C1C(=O)N(c3ccc(Br)cc3)C(=O)C1S2)Nc1cccc2ccccc12. The van der Waals surface area contributed by atoms with Crippen LogP contribution in [0.25, 0.3) is 10.8 Å². The Kier molecular flexibility index (Phi) is 7.66. The van der Waals surface area contributed by atoms with Crippen LogP contribution in [0.15, 0.2) is 99.2 Å². The molecular formula is C32H20BrCl2N3O4S2. The number of thioether (sulfide) groups is 1. The van der Waals surface area contributed by atoms with Crippen LogP contribution in [0.4, 0.5) is 11.4 Å². The third-order valence-electron chi connectivity index (χ3n) is 7.82. The fourth-order valence-corrected chi connectivity index (χ4v) is 9.32. The van der Waals surface area contributed by atoms with Gasteiger partial charge in [0, 0.05) is 26.3 Å². The molecule has 7 nitrogen and oxygen atoms in total. The van der Waals surface area contributed by atoms with Crippen LogP contribution in [0, 0.1) is 5.92 Å². The Morgan fingerprint density at radius 2 is 1.61 bits per heavy atom. The maximum absolute atomic E-state index is 14.1. The van der Waals surface area contributed by atoms with Crippen molar-refractivity contribution in [3.63, 3.8) is 0 Å². The molecule has 3 heterocycles. The number of benzene rings is 4. The molecule has 4 aromatic carbocycles. The molecule has 1 N–H and O–H groups in total. The second-order valence-electron chi connectivity index (χ2n) is 10.4. The summed E-state index contributed by atoms with van der Waals surface area (Å²) in [5.74, 6) is -2.74. The summed E-state index contributed by atoms with van der Waals surface area (Å²) in [4.78, 5) is 56.2. The van der Waals surface area contributed by atoms with Gasteiger partial charge in [0.2, 0.25) is 17.7 Å². The molecule has 1 fully saturated rings. The predicted octanol–water partition coefficient (Wildman–Crippen LogP) is 7.57. The fraction of sp³-hybridized carbons (Fsp3) is 0.125. The third kappa shape index (κ3) is 4.89. The number of fused-ring (bicyclic) bond motifs is 3. The van der Waals surface area contributed by atoms with E-state index < -0.39 is 28.9 Å². The zero-order valence-electron chi connectivity index (χ0n) is 22.5. The van der Waals surface area contributed by atoms with Gasteiger partial charge in [0.25, 0.3) is 0 Å². The summed E-state index contributed by atoms with van der Waals surface area (Å²) in [6, 6.07) is 25.4. The summed E-state index contributed by atoms with van der Waals surface area (Å²) < 4.78 is 2.19. The highest BCUT2D eigenvalue weighted by Gasteiger charge is 2.57. The van der Waals surface area contributed by atoms with Crippen LogP contribution in [-0.4, -0.2) is 27.5 Å². The highest BCUT2D eigenvalue weighted by Crippen LogP contribution is 2.55. The lowest BCUT2D eigenvalue weighted by atomic mass is 9.83. The first kappa shape index (κ1) is 29.3. The third-order valence-corrected chi connectivity index (χ3v) is 11.8. The zero-order chi connectivity index (χ0) is 30.7. The van der Waals surface area contributed by atoms with Crippen molar-refractivity contribution in [1.29, 1.82) is 0 Å². The maximum Gasteiger partial charge on any atom is 0.308 e. The summed E-state index contributed by atoms with van der Waals surface area (Å²) in [7, 11) is 0. The van der Waals surface area contributed by atoms with Gasteiger partial charge < -0.3 is 5.32 Å². The van der Waals surface area contributed by atoms with Gasteiger partial charge in [-0.1, -0.05) is 111 Å². The summed E-state index contributed by atoms with van der Waals surface area (Å²) in [5, 5.41) is 4.95. The van der Waals surface area contributed by atoms with Crippen LogP contribution in [0.3, 0.4) is 0 Å². The van der Waals surface area contributed by atoms with Crippen molar-refractivity contribution in [2.75, 3.05) is 10.2 Å². The van der Waals surface area contributed by atoms with Crippen molar-refractivity contribution in [2.24, 2.45) is 5.92 Å². The van der Waals surface area contributed by atoms with Crippen molar-refractivity contribution in [3.8, 4) is 0 Å². The van der Waals surface area contributed by atoms with Gasteiger partial charge in [0.15, 0.2) is 0 Å². The number of anilines is 2. The molecule has 3 amide bonds. The number of carbonyl (C=O) groups is 3. The summed E-state index contributed by atoms with van der Waals surface area (Å²) in [6.45, 7) is -0.271. The minimum absolute atomic E-state index is 0.249. The zero-order valence-corrected chi connectivity index (χ0v) is 27.2. The number of rotatable bonds is 5. The molecule has 1 saturated heterocycles. The number of aromatic nitrogens is 1. The number of carbonyl (C=O) groups excluding carboxylic acids is 3. The van der Waals surface area contributed by atoms with Gasteiger partial charge in [-0.25, -0.2) is 4.90 Å². The Bertz CT molecular complexity index is 2060. The van der Waals surface area contributed by atoms with E-state index in [-0.39, 0.29) is 22.3 Å². The quantitative estimate of drug-likeness (QED) is 0.189. The molecule has 0 saturated carbocycles. The average molecular weight is 725 g/mol. The van der Waals surface area contributed by atoms with E-state index in [9.17, 15) is 19.2 Å². The molecule has 7 rings (SSSR count). The summed E-state index contributed by atoms with van der Waals surface area (Å²) in [6.07, 6.45) is 0. The molecular weight excluding hydrogens is 705 g/mol. The van der Waals surface area contributed by atoms with Crippen LogP contribution < -0.4 is 15.1 Å². The smallest absolute Gasteiger partial charge is 0.308 e. The first-order valence-corrected chi connectivity index (χ1v) is 16.7. The van der Waals surface area contributed by atoms with E-state index in [0.717, 1.165) is 38.3 Å². The number of nitrogens with zero attached hydrogens (tertiary/aromatic N) is 2. The molecule has 0 aliphatic carbocycles. The number of halogens is 3. The number of nitrogens with one attached hydrogen (secondary N) is 1. The van der Waals surface area contributed by atoms with Crippen LogP contribution in [0.2, 0.25) is 10.0 Å². The molecule has 3 atom stereocenters. The van der Waals surface area contributed by atoms with E-state index in [1.807, 2.05) is 42.5 Å². The van der Waals surface area contributed by atoms with Gasteiger partial charge in [-0.3, -0.25) is 23.7 Å². The highest BCUT2D eigenvalue weighted by molar-refractivity contribution is 9.10. The largest absolute Gasteiger partial charge is 0.324 e. The van der Waals surface area contributed by atoms with Gasteiger partial charge in [0.1, 0.15) is 11.8 Å². The van der Waals surface area contributed by atoms with E-state index >= 15 is 0 Å². The second-order valence-corrected chi connectivity index (χ2v) is 14.2. The number of thiazole rings is 1. The molecule has 2 unspecified atom stereocenters. The first-order valence-electron chi connectivity index (χ1n) is 13.5. The monoisotopic (exact) mass is 723 g/mol. The minimum Gasteiger partial charge on any atom is -0.324 e. The van der Waals surface area contributed by atoms with Crippen molar-refractivity contribution in [3.05, 3.63) is 120 Å². The molecule has 5 aromatic rings. The number of amides is 3. The number of imide groups is 1. The molecule has 12 heteroatoms. The molecule has 2 aliphatic heterocycles. The lowest BCUT2D eigenvalue weighted by Gasteiger charge is -2.31. The van der Waals surface area contributed by atoms with Crippen molar-refractivity contribution < 1.29 is 14.4 Å². The topological polar surface area (TPSA) is 88.5 Å². The Morgan fingerprint density at radius 3 is 2.41 bits per heavy atom. The fourth-order valence-electron chi connectivity index (χ4n) is 5.86. The molecule has 0 radical (unpaired) electrons. The van der Waals surface area contributed by atoms with E-state index in [1.165, 1.54) is 9.47 Å². The van der Waals surface area contributed by atoms with E-state index in [1.54, 1.807) is 42.5 Å². The molecule has 0 spiro atoms. The van der Waals surface area contributed by atoms with Gasteiger partial charge in [-0.15, -0.1) is 0 Å². The number of hydrogen-bond acceptors (Lipinski definition) is 6. The van der Waals surface area contributed by atoms with Crippen LogP contribution in [0.1, 0.15) is 16.4 Å². The molecule has 0 bridgehead atoms. The summed E-state index contributed by atoms with van der Waals surface area (Å²) in [5.41, 5.74) is 1.62. The van der Waals surface area contributed by atoms with E-state index in [4.69, 9.17) is 23.2 Å². The Labute approximate surface area is 277 Å². The van der Waals surface area contributed by atoms with Crippen LogP contribution in [0.5, 0.6) is 0 Å².